The summed E-state index contributed by atoms with van der Waals surface area (Å²) in [4.78, 5) is 10.1. The van der Waals surface area contributed by atoms with E-state index in [1.807, 2.05) is 10.9 Å². The molecule has 4 nitrogen and oxygen atoms in total. The van der Waals surface area contributed by atoms with Gasteiger partial charge in [-0.25, -0.2) is 4.68 Å². The fourth-order valence-corrected chi connectivity index (χ4v) is 1.41. The first-order valence-corrected chi connectivity index (χ1v) is 5.19. The van der Waals surface area contributed by atoms with Crippen LogP contribution in [-0.4, -0.2) is 21.3 Å². The van der Waals surface area contributed by atoms with Crippen molar-refractivity contribution >= 4 is 6.29 Å². The zero-order chi connectivity index (χ0) is 10.2. The summed E-state index contributed by atoms with van der Waals surface area (Å²) in [7, 11) is 0. The molecule has 0 amide bonds. The number of hydrogen-bond donors (Lipinski definition) is 0. The second kappa shape index (κ2) is 6.29. The van der Waals surface area contributed by atoms with Crippen LogP contribution in [0.15, 0.2) is 6.20 Å². The van der Waals surface area contributed by atoms with Crippen LogP contribution in [0, 0.1) is 0 Å². The maximum atomic E-state index is 10.1. The number of nitrogens with zero attached hydrogens (tertiary/aromatic N) is 3. The molecule has 78 valence electrons. The molecule has 0 aliphatic carbocycles. The smallest absolute Gasteiger partial charge is 0.119 e. The third-order valence-corrected chi connectivity index (χ3v) is 2.15. The van der Waals surface area contributed by atoms with E-state index < -0.39 is 0 Å². The van der Waals surface area contributed by atoms with Crippen LogP contribution in [0.5, 0.6) is 0 Å². The van der Waals surface area contributed by atoms with Crippen LogP contribution in [0.3, 0.4) is 0 Å². The summed E-state index contributed by atoms with van der Waals surface area (Å²) in [6.45, 7) is 3.02. The summed E-state index contributed by atoms with van der Waals surface area (Å²) in [5, 5.41) is 7.89. The van der Waals surface area contributed by atoms with Crippen molar-refractivity contribution in [3.8, 4) is 0 Å². The number of unbranched alkanes of at least 4 members (excludes halogenated alkanes) is 2. The molecule has 0 saturated carbocycles. The van der Waals surface area contributed by atoms with E-state index in [1.165, 1.54) is 5.69 Å². The van der Waals surface area contributed by atoms with Gasteiger partial charge in [-0.15, -0.1) is 5.10 Å². The molecule has 1 aromatic rings. The lowest BCUT2D eigenvalue weighted by Crippen LogP contribution is -2.05. The summed E-state index contributed by atoms with van der Waals surface area (Å²) < 4.78 is 1.94. The highest BCUT2D eigenvalue weighted by atomic mass is 16.1. The number of carbonyl (C=O) groups excluding carboxylic acids is 1. The van der Waals surface area contributed by atoms with E-state index in [2.05, 4.69) is 17.2 Å². The zero-order valence-electron chi connectivity index (χ0n) is 8.65. The minimum absolute atomic E-state index is 0.651. The van der Waals surface area contributed by atoms with Gasteiger partial charge in [0.1, 0.15) is 6.29 Å². The van der Waals surface area contributed by atoms with E-state index in [-0.39, 0.29) is 0 Å². The van der Waals surface area contributed by atoms with Crippen molar-refractivity contribution < 1.29 is 4.79 Å². The Morgan fingerprint density at radius 3 is 3.07 bits per heavy atom. The Morgan fingerprint density at radius 2 is 2.36 bits per heavy atom. The van der Waals surface area contributed by atoms with Crippen LogP contribution < -0.4 is 0 Å². The predicted molar refractivity (Wildman–Crippen MR) is 53.9 cm³/mol. The van der Waals surface area contributed by atoms with Crippen LogP contribution >= 0.6 is 0 Å². The third kappa shape index (κ3) is 3.28. The highest BCUT2D eigenvalue weighted by Crippen LogP contribution is 2.03. The fraction of sp³-hybridized carbons (Fsp3) is 0.700. The molecule has 0 saturated heterocycles. The number of rotatable bonds is 7. The van der Waals surface area contributed by atoms with Gasteiger partial charge < -0.3 is 4.79 Å². The minimum Gasteiger partial charge on any atom is -0.303 e. The van der Waals surface area contributed by atoms with Crippen molar-refractivity contribution in [2.45, 2.75) is 45.6 Å². The Morgan fingerprint density at radius 1 is 1.50 bits per heavy atom. The van der Waals surface area contributed by atoms with Crippen LogP contribution in [0.4, 0.5) is 0 Å². The summed E-state index contributed by atoms with van der Waals surface area (Å²) in [5.74, 6) is 0. The molecule has 0 bridgehead atoms. The molecular weight excluding hydrogens is 178 g/mol. The van der Waals surface area contributed by atoms with Gasteiger partial charge in [0.2, 0.25) is 0 Å². The maximum absolute atomic E-state index is 10.1. The number of aryl methyl sites for hydroxylation is 2. The molecule has 14 heavy (non-hydrogen) atoms. The maximum Gasteiger partial charge on any atom is 0.119 e. The molecule has 0 spiro atoms. The van der Waals surface area contributed by atoms with Crippen LogP contribution in [0.1, 0.15) is 38.3 Å². The minimum atomic E-state index is 0.651. The second-order valence-electron chi connectivity index (χ2n) is 3.36. The molecular formula is C10H17N3O. The average molecular weight is 195 g/mol. The van der Waals surface area contributed by atoms with Crippen molar-refractivity contribution in [3.63, 3.8) is 0 Å². The Balaban J connectivity index is 2.33. The first-order chi connectivity index (χ1) is 6.88. The quantitative estimate of drug-likeness (QED) is 0.490. The lowest BCUT2D eigenvalue weighted by molar-refractivity contribution is -0.107. The Bertz CT molecular complexity index is 270. The lowest BCUT2D eigenvalue weighted by atomic mass is 10.2. The Hall–Kier alpha value is -1.19. The summed E-state index contributed by atoms with van der Waals surface area (Å²) in [5.41, 5.74) is 1.19. The molecule has 0 aliphatic rings. The molecule has 0 aliphatic heterocycles. The van der Waals surface area contributed by atoms with Crippen LogP contribution in [0.25, 0.3) is 0 Å². The van der Waals surface area contributed by atoms with E-state index >= 15 is 0 Å². The molecule has 0 atom stereocenters. The number of aldehydes is 1. The normalized spacial score (nSPS) is 10.4. The van der Waals surface area contributed by atoms with Gasteiger partial charge in [-0.1, -0.05) is 18.6 Å². The molecule has 1 aromatic heterocycles. The third-order valence-electron chi connectivity index (χ3n) is 2.15. The first-order valence-electron chi connectivity index (χ1n) is 5.19. The van der Waals surface area contributed by atoms with E-state index in [0.717, 1.165) is 38.5 Å². The van der Waals surface area contributed by atoms with Crippen LogP contribution in [0.2, 0.25) is 0 Å². The summed E-state index contributed by atoms with van der Waals surface area (Å²) in [6, 6.07) is 0. The standard InChI is InChI=1S/C10H17N3O/c1-2-6-10-9-11-12-13(10)7-4-3-5-8-14/h8-9H,2-7H2,1H3. The van der Waals surface area contributed by atoms with Gasteiger partial charge in [0.15, 0.2) is 0 Å². The number of hydrogen-bond acceptors (Lipinski definition) is 3. The lowest BCUT2D eigenvalue weighted by Gasteiger charge is -2.03. The van der Waals surface area contributed by atoms with E-state index in [0.29, 0.717) is 6.42 Å². The van der Waals surface area contributed by atoms with Gasteiger partial charge in [-0.3, -0.25) is 0 Å². The van der Waals surface area contributed by atoms with Gasteiger partial charge in [-0.2, -0.15) is 0 Å². The summed E-state index contributed by atoms with van der Waals surface area (Å²) >= 11 is 0. The molecule has 1 rings (SSSR count). The highest BCUT2D eigenvalue weighted by Gasteiger charge is 2.01. The second-order valence-corrected chi connectivity index (χ2v) is 3.36. The Kier molecular flexibility index (Phi) is 4.89. The topological polar surface area (TPSA) is 47.8 Å². The van der Waals surface area contributed by atoms with E-state index in [1.54, 1.807) is 0 Å². The largest absolute Gasteiger partial charge is 0.303 e. The summed E-state index contributed by atoms with van der Waals surface area (Å²) in [6.07, 6.45) is 7.52. The zero-order valence-corrected chi connectivity index (χ0v) is 8.65. The predicted octanol–water partition coefficient (Wildman–Crippen LogP) is 1.60. The molecule has 4 heteroatoms. The molecule has 0 radical (unpaired) electrons. The molecule has 1 heterocycles. The van der Waals surface area contributed by atoms with Crippen molar-refractivity contribution in [2.24, 2.45) is 0 Å². The average Bonchev–Trinajstić information content (AvgIpc) is 2.61. The van der Waals surface area contributed by atoms with Crippen LogP contribution in [-0.2, 0) is 17.8 Å². The van der Waals surface area contributed by atoms with Gasteiger partial charge >= 0.3 is 0 Å². The van der Waals surface area contributed by atoms with Crippen molar-refractivity contribution in [2.75, 3.05) is 0 Å². The fourth-order valence-electron chi connectivity index (χ4n) is 1.41. The molecule has 0 unspecified atom stereocenters. The van der Waals surface area contributed by atoms with Gasteiger partial charge in [0.25, 0.3) is 0 Å². The van der Waals surface area contributed by atoms with E-state index in [9.17, 15) is 4.79 Å². The van der Waals surface area contributed by atoms with E-state index in [4.69, 9.17) is 0 Å². The number of carbonyl (C=O) groups is 1. The molecule has 0 aromatic carbocycles. The van der Waals surface area contributed by atoms with Crippen molar-refractivity contribution in [1.82, 2.24) is 15.0 Å². The van der Waals surface area contributed by atoms with Crippen molar-refractivity contribution in [1.29, 1.82) is 0 Å². The van der Waals surface area contributed by atoms with Gasteiger partial charge in [0, 0.05) is 13.0 Å². The highest BCUT2D eigenvalue weighted by molar-refractivity contribution is 5.48. The monoisotopic (exact) mass is 195 g/mol. The van der Waals surface area contributed by atoms with Gasteiger partial charge in [-0.05, 0) is 19.3 Å². The molecule has 0 N–H and O–H groups in total. The number of aromatic nitrogens is 3. The first kappa shape index (κ1) is 10.9. The van der Waals surface area contributed by atoms with Gasteiger partial charge in [0.05, 0.1) is 11.9 Å². The SMILES string of the molecule is CCCc1cnnn1CCCCC=O. The Labute approximate surface area is 84.3 Å². The molecule has 0 fully saturated rings. The van der Waals surface area contributed by atoms with Crippen molar-refractivity contribution in [3.05, 3.63) is 11.9 Å².